The Morgan fingerprint density at radius 3 is 2.33 bits per heavy atom. The molecule has 1 unspecified atom stereocenters. The number of carbonyl (C=O) groups excluding carboxylic acids is 1. The Morgan fingerprint density at radius 2 is 1.81 bits per heavy atom. The summed E-state index contributed by atoms with van der Waals surface area (Å²) in [5, 5.41) is 2.85. The first-order chi connectivity index (χ1) is 12.7. The molecule has 0 aliphatic heterocycles. The molecule has 27 heavy (non-hydrogen) atoms. The Balaban J connectivity index is 2.28. The predicted octanol–water partition coefficient (Wildman–Crippen LogP) is 2.97. The van der Waals surface area contributed by atoms with E-state index in [1.165, 1.54) is 20.2 Å². The van der Waals surface area contributed by atoms with Crippen LogP contribution in [-0.4, -0.2) is 39.8 Å². The fraction of sp³-hybridized carbons (Fsp3) is 0.316. The van der Waals surface area contributed by atoms with Gasteiger partial charge in [-0.05, 0) is 42.3 Å². The highest BCUT2D eigenvalue weighted by Crippen LogP contribution is 2.22. The molecule has 0 aliphatic rings. The molecule has 146 valence electrons. The van der Waals surface area contributed by atoms with Crippen molar-refractivity contribution in [3.63, 3.8) is 0 Å². The monoisotopic (exact) mass is 394 g/mol. The van der Waals surface area contributed by atoms with Crippen LogP contribution in [0.4, 0.5) is 4.39 Å². The lowest BCUT2D eigenvalue weighted by Crippen LogP contribution is -2.29. The van der Waals surface area contributed by atoms with Crippen molar-refractivity contribution < 1.29 is 22.3 Å². The van der Waals surface area contributed by atoms with E-state index in [4.69, 9.17) is 4.74 Å². The van der Waals surface area contributed by atoms with Crippen LogP contribution in [0.15, 0.2) is 47.4 Å². The van der Waals surface area contributed by atoms with E-state index in [0.717, 1.165) is 22.0 Å². The highest BCUT2D eigenvalue weighted by atomic mass is 32.2. The largest absolute Gasteiger partial charge is 0.497 e. The van der Waals surface area contributed by atoms with Gasteiger partial charge in [0.1, 0.15) is 16.5 Å². The number of hydrogen-bond acceptors (Lipinski definition) is 4. The van der Waals surface area contributed by atoms with Gasteiger partial charge in [0.05, 0.1) is 13.2 Å². The normalized spacial score (nSPS) is 12.7. The van der Waals surface area contributed by atoms with Gasteiger partial charge in [-0.25, -0.2) is 17.1 Å². The zero-order valence-electron chi connectivity index (χ0n) is 15.7. The topological polar surface area (TPSA) is 75.7 Å². The average Bonchev–Trinajstić information content (AvgIpc) is 2.66. The first kappa shape index (κ1) is 20.9. The summed E-state index contributed by atoms with van der Waals surface area (Å²) in [5.41, 5.74) is 0.957. The van der Waals surface area contributed by atoms with Gasteiger partial charge in [-0.15, -0.1) is 0 Å². The number of ether oxygens (including phenoxy) is 1. The van der Waals surface area contributed by atoms with Crippen molar-refractivity contribution >= 4 is 15.9 Å². The molecule has 0 aliphatic carbocycles. The van der Waals surface area contributed by atoms with Gasteiger partial charge >= 0.3 is 0 Å². The molecule has 1 atom stereocenters. The van der Waals surface area contributed by atoms with Crippen LogP contribution in [0.5, 0.6) is 5.75 Å². The third-order valence-corrected chi connectivity index (χ3v) is 6.01. The molecule has 0 saturated heterocycles. The van der Waals surface area contributed by atoms with E-state index >= 15 is 0 Å². The number of methoxy groups -OCH3 is 1. The molecule has 0 bridgehead atoms. The van der Waals surface area contributed by atoms with E-state index in [-0.39, 0.29) is 11.6 Å². The van der Waals surface area contributed by atoms with E-state index in [1.807, 2.05) is 19.1 Å². The summed E-state index contributed by atoms with van der Waals surface area (Å²) in [6.45, 7) is 1.92. The van der Waals surface area contributed by atoms with E-state index in [2.05, 4.69) is 5.32 Å². The van der Waals surface area contributed by atoms with Crippen LogP contribution >= 0.6 is 0 Å². The van der Waals surface area contributed by atoms with Gasteiger partial charge in [-0.2, -0.15) is 0 Å². The standard InChI is InChI=1S/C19H23FN2O4S/c1-5-17(13-6-9-15(26-4)10-7-13)21-19(23)14-8-11-16(20)18(12-14)27(24,25)22(2)3/h6-12,17H,5H2,1-4H3,(H,21,23). The second-order valence-electron chi connectivity index (χ2n) is 6.14. The van der Waals surface area contributed by atoms with Gasteiger partial charge in [0.2, 0.25) is 10.0 Å². The molecule has 2 rings (SSSR count). The maximum atomic E-state index is 14.0. The number of nitrogens with one attached hydrogen (secondary N) is 1. The maximum Gasteiger partial charge on any atom is 0.251 e. The molecule has 0 aromatic heterocycles. The molecule has 2 aromatic carbocycles. The zero-order chi connectivity index (χ0) is 20.2. The quantitative estimate of drug-likeness (QED) is 0.783. The fourth-order valence-electron chi connectivity index (χ4n) is 2.54. The molecular formula is C19H23FN2O4S. The molecule has 0 radical (unpaired) electrons. The minimum Gasteiger partial charge on any atom is -0.497 e. The van der Waals surface area contributed by atoms with E-state index in [9.17, 15) is 17.6 Å². The Hall–Kier alpha value is -2.45. The number of rotatable bonds is 7. The first-order valence-corrected chi connectivity index (χ1v) is 9.81. The number of hydrogen-bond donors (Lipinski definition) is 1. The molecule has 0 fully saturated rings. The van der Waals surface area contributed by atoms with Gasteiger partial charge in [-0.1, -0.05) is 19.1 Å². The lowest BCUT2D eigenvalue weighted by Gasteiger charge is -2.18. The highest BCUT2D eigenvalue weighted by Gasteiger charge is 2.24. The van der Waals surface area contributed by atoms with Crippen molar-refractivity contribution in [1.29, 1.82) is 0 Å². The van der Waals surface area contributed by atoms with Gasteiger partial charge < -0.3 is 10.1 Å². The Labute approximate surface area is 159 Å². The smallest absolute Gasteiger partial charge is 0.251 e. The van der Waals surface area contributed by atoms with Crippen LogP contribution in [-0.2, 0) is 10.0 Å². The number of carbonyl (C=O) groups is 1. The van der Waals surface area contributed by atoms with Crippen LogP contribution in [0.3, 0.4) is 0 Å². The lowest BCUT2D eigenvalue weighted by molar-refractivity contribution is 0.0935. The van der Waals surface area contributed by atoms with Crippen LogP contribution in [0.2, 0.25) is 0 Å². The Bertz CT molecular complexity index is 912. The molecule has 0 heterocycles. The van der Waals surface area contributed by atoms with Crippen LogP contribution in [0, 0.1) is 5.82 Å². The molecule has 6 nitrogen and oxygen atoms in total. The number of amides is 1. The molecule has 2 aromatic rings. The van der Waals surface area contributed by atoms with E-state index in [1.54, 1.807) is 19.2 Å². The summed E-state index contributed by atoms with van der Waals surface area (Å²) in [4.78, 5) is 12.1. The summed E-state index contributed by atoms with van der Waals surface area (Å²) in [6.07, 6.45) is 0.627. The molecule has 0 saturated carbocycles. The van der Waals surface area contributed by atoms with Crippen molar-refractivity contribution in [3.8, 4) is 5.75 Å². The minimum atomic E-state index is -3.99. The van der Waals surface area contributed by atoms with E-state index in [0.29, 0.717) is 12.2 Å². The second kappa shape index (κ2) is 8.49. The summed E-state index contributed by atoms with van der Waals surface area (Å²) >= 11 is 0. The predicted molar refractivity (Wildman–Crippen MR) is 101 cm³/mol. The molecular weight excluding hydrogens is 371 g/mol. The summed E-state index contributed by atoms with van der Waals surface area (Å²) in [7, 11) is 0.186. The second-order valence-corrected chi connectivity index (χ2v) is 8.26. The summed E-state index contributed by atoms with van der Waals surface area (Å²) in [6, 6.07) is 10.3. The molecule has 8 heteroatoms. The number of nitrogens with zero attached hydrogens (tertiary/aromatic N) is 1. The fourth-order valence-corrected chi connectivity index (χ4v) is 3.52. The van der Waals surface area contributed by atoms with Crippen molar-refractivity contribution in [1.82, 2.24) is 9.62 Å². The lowest BCUT2D eigenvalue weighted by atomic mass is 10.0. The summed E-state index contributed by atoms with van der Waals surface area (Å²) < 4.78 is 44.5. The van der Waals surface area contributed by atoms with Crippen molar-refractivity contribution in [2.24, 2.45) is 0 Å². The van der Waals surface area contributed by atoms with Gasteiger partial charge in [0.15, 0.2) is 0 Å². The Kier molecular flexibility index (Phi) is 6.56. The third kappa shape index (κ3) is 4.64. The Morgan fingerprint density at radius 1 is 1.19 bits per heavy atom. The van der Waals surface area contributed by atoms with Gasteiger partial charge in [-0.3, -0.25) is 4.79 Å². The third-order valence-electron chi connectivity index (χ3n) is 4.18. The first-order valence-electron chi connectivity index (χ1n) is 8.37. The highest BCUT2D eigenvalue weighted by molar-refractivity contribution is 7.89. The SMILES string of the molecule is CCC(NC(=O)c1ccc(F)c(S(=O)(=O)N(C)C)c1)c1ccc(OC)cc1. The van der Waals surface area contributed by atoms with Gasteiger partial charge in [0.25, 0.3) is 5.91 Å². The van der Waals surface area contributed by atoms with Crippen molar-refractivity contribution in [2.45, 2.75) is 24.3 Å². The van der Waals surface area contributed by atoms with Crippen LogP contribution in [0.25, 0.3) is 0 Å². The van der Waals surface area contributed by atoms with Crippen molar-refractivity contribution in [3.05, 3.63) is 59.4 Å². The summed E-state index contributed by atoms with van der Waals surface area (Å²) in [5.74, 6) is -0.674. The zero-order valence-corrected chi connectivity index (χ0v) is 16.5. The van der Waals surface area contributed by atoms with Crippen molar-refractivity contribution in [2.75, 3.05) is 21.2 Å². The number of benzene rings is 2. The van der Waals surface area contributed by atoms with Crippen LogP contribution in [0.1, 0.15) is 35.3 Å². The van der Waals surface area contributed by atoms with E-state index < -0.39 is 26.6 Å². The molecule has 1 N–H and O–H groups in total. The number of sulfonamides is 1. The average molecular weight is 394 g/mol. The minimum absolute atomic E-state index is 0.0730. The van der Waals surface area contributed by atoms with Gasteiger partial charge in [0, 0.05) is 19.7 Å². The maximum absolute atomic E-state index is 14.0. The molecule has 1 amide bonds. The molecule has 0 spiro atoms. The number of halogens is 1. The van der Waals surface area contributed by atoms with Crippen LogP contribution < -0.4 is 10.1 Å².